The normalized spacial score (nSPS) is 10.2. The average Bonchev–Trinajstić information content (AvgIpc) is 3.82. The SMILES string of the molecule is CCCCc1cc2c(-c3cccs3)cccc2[cH-]1.CCCCc1cc2c(-c3cccs3)cccc2[cH-]1.C[Si]C.[Cl][Zr+2][Cl]. The van der Waals surface area contributed by atoms with E-state index in [1.54, 1.807) is 0 Å². The summed E-state index contributed by atoms with van der Waals surface area (Å²) < 4.78 is 0. The summed E-state index contributed by atoms with van der Waals surface area (Å²) in [6, 6.07) is 31.4. The van der Waals surface area contributed by atoms with E-state index >= 15 is 0 Å². The van der Waals surface area contributed by atoms with Gasteiger partial charge in [0.05, 0.1) is 0 Å². The molecule has 2 heterocycles. The molecule has 218 valence electrons. The molecule has 6 rings (SSSR count). The predicted molar refractivity (Wildman–Crippen MR) is 192 cm³/mol. The number of unbranched alkanes of at least 4 members (excludes halogenated alkanes) is 2. The molecule has 0 saturated heterocycles. The van der Waals surface area contributed by atoms with Gasteiger partial charge in [0.1, 0.15) is 0 Å². The fourth-order valence-electron chi connectivity index (χ4n) is 4.94. The Morgan fingerprint density at radius 1 is 0.667 bits per heavy atom. The summed E-state index contributed by atoms with van der Waals surface area (Å²) in [6.45, 7) is 8.81. The molecule has 0 aliphatic carbocycles. The van der Waals surface area contributed by atoms with E-state index < -0.39 is 20.8 Å². The van der Waals surface area contributed by atoms with Crippen LogP contribution in [0.25, 0.3) is 42.4 Å². The summed E-state index contributed by atoms with van der Waals surface area (Å²) in [7, 11) is 11.0. The van der Waals surface area contributed by atoms with Gasteiger partial charge in [-0.15, -0.1) is 91.7 Å². The molecule has 2 radical (unpaired) electrons. The van der Waals surface area contributed by atoms with Crippen LogP contribution < -0.4 is 0 Å². The van der Waals surface area contributed by atoms with Crippen LogP contribution in [0, 0.1) is 0 Å². The Hall–Kier alpha value is -1.26. The molecule has 6 heteroatoms. The van der Waals surface area contributed by atoms with Crippen LogP contribution in [-0.2, 0) is 33.7 Å². The molecule has 6 aromatic rings. The number of thiophene rings is 2. The molecule has 0 atom stereocenters. The molecule has 0 nitrogen and oxygen atoms in total. The first-order valence-electron chi connectivity index (χ1n) is 14.6. The van der Waals surface area contributed by atoms with Gasteiger partial charge in [0.25, 0.3) is 0 Å². The molecule has 4 aromatic carbocycles. The third-order valence-corrected chi connectivity index (χ3v) is 8.64. The number of hydrogen-bond acceptors (Lipinski definition) is 2. The van der Waals surface area contributed by atoms with E-state index in [-0.39, 0.29) is 0 Å². The average molecular weight is 727 g/mol. The molecule has 0 fully saturated rings. The molecule has 0 N–H and O–H groups in total. The Morgan fingerprint density at radius 3 is 1.40 bits per heavy atom. The third kappa shape index (κ3) is 10.4. The van der Waals surface area contributed by atoms with Gasteiger partial charge in [0.15, 0.2) is 0 Å². The van der Waals surface area contributed by atoms with Crippen molar-refractivity contribution >= 4 is 70.8 Å². The molecule has 0 aliphatic heterocycles. The van der Waals surface area contributed by atoms with Crippen molar-refractivity contribution in [3.8, 4) is 20.9 Å². The van der Waals surface area contributed by atoms with Gasteiger partial charge in [-0.25, -0.2) is 0 Å². The van der Waals surface area contributed by atoms with E-state index in [2.05, 4.69) is 123 Å². The van der Waals surface area contributed by atoms with Crippen molar-refractivity contribution in [3.63, 3.8) is 0 Å². The van der Waals surface area contributed by atoms with Gasteiger partial charge in [-0.2, -0.15) is 12.1 Å². The minimum absolute atomic E-state index is 0.826. The zero-order chi connectivity index (χ0) is 30.2. The first-order chi connectivity index (χ1) is 20.6. The number of halogens is 2. The van der Waals surface area contributed by atoms with Crippen molar-refractivity contribution < 1.29 is 20.8 Å². The van der Waals surface area contributed by atoms with Gasteiger partial charge in [-0.1, -0.05) is 88.0 Å². The van der Waals surface area contributed by atoms with Gasteiger partial charge in [-0.05, 0) is 35.7 Å². The molecular weight excluding hydrogens is 687 g/mol. The molecule has 0 spiro atoms. The Morgan fingerprint density at radius 2 is 1.07 bits per heavy atom. The number of aryl methyl sites for hydroxylation is 2. The zero-order valence-corrected chi connectivity index (χ0v) is 31.7. The fraction of sp³-hybridized carbons (Fsp3) is 0.278. The molecule has 0 aliphatic rings. The predicted octanol–water partition coefficient (Wildman–Crippen LogP) is 13.4. The zero-order valence-electron chi connectivity index (χ0n) is 25.1. The molecule has 42 heavy (non-hydrogen) atoms. The maximum atomic E-state index is 4.93. The topological polar surface area (TPSA) is 0 Å². The van der Waals surface area contributed by atoms with E-state index in [4.69, 9.17) is 17.0 Å². The number of benzene rings is 2. The molecule has 0 bridgehead atoms. The Labute approximate surface area is 282 Å². The van der Waals surface area contributed by atoms with Crippen LogP contribution in [0.15, 0.2) is 95.7 Å². The second-order valence-electron chi connectivity index (χ2n) is 10.1. The second kappa shape index (κ2) is 19.9. The molecule has 0 unspecified atom stereocenters. The van der Waals surface area contributed by atoms with E-state index in [1.807, 2.05) is 22.7 Å². The van der Waals surface area contributed by atoms with Gasteiger partial charge in [0.2, 0.25) is 0 Å². The molecule has 2 aromatic heterocycles. The number of hydrogen-bond donors (Lipinski definition) is 0. The summed E-state index contributed by atoms with van der Waals surface area (Å²) in [5.41, 5.74) is 5.72. The summed E-state index contributed by atoms with van der Waals surface area (Å²) in [5.74, 6) is 0. The summed E-state index contributed by atoms with van der Waals surface area (Å²) in [4.78, 5) is 2.74. The quantitative estimate of drug-likeness (QED) is 0.108. The number of fused-ring (bicyclic) bond motifs is 2. The van der Waals surface area contributed by atoms with E-state index in [9.17, 15) is 0 Å². The Kier molecular flexibility index (Phi) is 16.7. The van der Waals surface area contributed by atoms with Crippen molar-refractivity contribution in [2.24, 2.45) is 0 Å². The van der Waals surface area contributed by atoms with Crippen LogP contribution in [0.5, 0.6) is 0 Å². The van der Waals surface area contributed by atoms with Crippen LogP contribution in [-0.4, -0.2) is 9.52 Å². The van der Waals surface area contributed by atoms with Crippen molar-refractivity contribution in [1.29, 1.82) is 0 Å². The van der Waals surface area contributed by atoms with Crippen molar-refractivity contribution in [1.82, 2.24) is 0 Å². The third-order valence-electron chi connectivity index (χ3n) is 6.83. The molecular formula is C36H40Cl2S2SiZr. The van der Waals surface area contributed by atoms with E-state index in [0.29, 0.717) is 0 Å². The van der Waals surface area contributed by atoms with Gasteiger partial charge < -0.3 is 0 Å². The maximum absolute atomic E-state index is 4.93. The van der Waals surface area contributed by atoms with Crippen LogP contribution in [0.2, 0.25) is 13.1 Å². The summed E-state index contributed by atoms with van der Waals surface area (Å²) in [6.07, 6.45) is 7.50. The Balaban J connectivity index is 0.000000195. The fourth-order valence-corrected chi connectivity index (χ4v) is 6.47. The van der Waals surface area contributed by atoms with Gasteiger partial charge in [-0.3, -0.25) is 0 Å². The second-order valence-corrected chi connectivity index (χ2v) is 16.7. The summed E-state index contributed by atoms with van der Waals surface area (Å²) >= 11 is 2.81. The number of rotatable bonds is 8. The minimum atomic E-state index is -0.826. The van der Waals surface area contributed by atoms with Gasteiger partial charge in [0, 0.05) is 19.3 Å². The van der Waals surface area contributed by atoms with Crippen molar-refractivity contribution in [2.75, 3.05) is 0 Å². The standard InChI is InChI=1S/2C17H17S.C2H6Si.2ClH.Zr/c2*1-2-3-6-13-11-14-7-4-8-15(16(14)12-13)17-9-5-10-18-17;1-3-2;;;/h2*4-5,7-12H,2-3,6H2,1H3;1-2H3;2*1H;/q2*-1;;;;+4/p-2. The summed E-state index contributed by atoms with van der Waals surface area (Å²) in [5, 5.41) is 9.88. The van der Waals surface area contributed by atoms with Gasteiger partial charge >= 0.3 is 37.9 Å². The monoisotopic (exact) mass is 724 g/mol. The van der Waals surface area contributed by atoms with E-state index in [0.717, 1.165) is 9.52 Å². The van der Waals surface area contributed by atoms with Crippen LogP contribution >= 0.6 is 39.7 Å². The van der Waals surface area contributed by atoms with Crippen LogP contribution in [0.1, 0.15) is 50.7 Å². The first kappa shape index (κ1) is 35.2. The first-order valence-corrected chi connectivity index (χ1v) is 24.7. The van der Waals surface area contributed by atoms with Crippen LogP contribution in [0.4, 0.5) is 0 Å². The molecule has 0 amide bonds. The van der Waals surface area contributed by atoms with E-state index in [1.165, 1.54) is 92.1 Å². The van der Waals surface area contributed by atoms with Crippen molar-refractivity contribution in [3.05, 3.63) is 107 Å². The molecule has 0 saturated carbocycles. The van der Waals surface area contributed by atoms with Crippen molar-refractivity contribution in [2.45, 2.75) is 65.5 Å². The van der Waals surface area contributed by atoms with Crippen LogP contribution in [0.3, 0.4) is 0 Å². The Bertz CT molecular complexity index is 1430.